The normalized spacial score (nSPS) is 18.5. The van der Waals surface area contributed by atoms with Gasteiger partial charge in [0, 0.05) is 30.7 Å². The second kappa shape index (κ2) is 9.67. The smallest absolute Gasteiger partial charge is 0.210 e. The molecule has 0 unspecified atom stereocenters. The average Bonchev–Trinajstić information content (AvgIpc) is 2.88. The molecule has 6 heteroatoms. The van der Waals surface area contributed by atoms with E-state index in [2.05, 4.69) is 34.7 Å². The van der Waals surface area contributed by atoms with Crippen LogP contribution in [0.25, 0.3) is 10.9 Å². The van der Waals surface area contributed by atoms with Crippen molar-refractivity contribution < 1.29 is 8.42 Å². The Balaban J connectivity index is 1.54. The summed E-state index contributed by atoms with van der Waals surface area (Å²) < 4.78 is 27.7. The Morgan fingerprint density at radius 1 is 0.941 bits per heavy atom. The van der Waals surface area contributed by atoms with Gasteiger partial charge in [-0.1, -0.05) is 37.1 Å². The van der Waals surface area contributed by atoms with Crippen LogP contribution in [0.3, 0.4) is 0 Å². The van der Waals surface area contributed by atoms with Gasteiger partial charge in [-0.2, -0.15) is 0 Å². The van der Waals surface area contributed by atoms with Crippen molar-refractivity contribution >= 4 is 26.4 Å². The summed E-state index contributed by atoms with van der Waals surface area (Å²) in [5, 5.41) is 0.933. The van der Waals surface area contributed by atoms with E-state index in [1.54, 1.807) is 18.3 Å². The third kappa shape index (κ3) is 4.46. The lowest BCUT2D eigenvalue weighted by atomic mass is 9.99. The first-order chi connectivity index (χ1) is 16.5. The van der Waals surface area contributed by atoms with Crippen LogP contribution >= 0.6 is 0 Å². The van der Waals surface area contributed by atoms with Crippen molar-refractivity contribution in [3.05, 3.63) is 59.8 Å². The molecule has 0 N–H and O–H groups in total. The Morgan fingerprint density at radius 2 is 1.65 bits per heavy atom. The largest absolute Gasteiger partial charge is 0.370 e. The lowest BCUT2D eigenvalue weighted by Gasteiger charge is -2.41. The van der Waals surface area contributed by atoms with E-state index >= 15 is 0 Å². The van der Waals surface area contributed by atoms with Gasteiger partial charge in [0.05, 0.1) is 16.1 Å². The molecule has 5 nitrogen and oxygen atoms in total. The summed E-state index contributed by atoms with van der Waals surface area (Å²) in [5.41, 5.74) is 3.91. The molecule has 0 bridgehead atoms. The number of sulfone groups is 1. The molecule has 34 heavy (non-hydrogen) atoms. The first-order valence-electron chi connectivity index (χ1n) is 12.7. The molecule has 2 saturated heterocycles. The van der Waals surface area contributed by atoms with E-state index in [9.17, 15) is 8.42 Å². The Kier molecular flexibility index (Phi) is 6.63. The molecule has 2 fully saturated rings. The monoisotopic (exact) mass is 477 g/mol. The van der Waals surface area contributed by atoms with Gasteiger partial charge in [0.2, 0.25) is 9.84 Å². The first kappa shape index (κ1) is 23.3. The van der Waals surface area contributed by atoms with Gasteiger partial charge in [-0.05, 0) is 81.9 Å². The van der Waals surface area contributed by atoms with Crippen molar-refractivity contribution in [2.45, 2.75) is 68.2 Å². The number of rotatable bonds is 5. The molecule has 0 aliphatic carbocycles. The number of piperidine rings is 2. The van der Waals surface area contributed by atoms with Crippen molar-refractivity contribution in [3.8, 4) is 0 Å². The summed E-state index contributed by atoms with van der Waals surface area (Å²) in [6.07, 6.45) is 8.54. The average molecular weight is 478 g/mol. The van der Waals surface area contributed by atoms with Gasteiger partial charge in [-0.15, -0.1) is 0 Å². The number of fused-ring (bicyclic) bond motifs is 1. The summed E-state index contributed by atoms with van der Waals surface area (Å²) in [6.45, 7) is 8.27. The quantitative estimate of drug-likeness (QED) is 0.493. The summed E-state index contributed by atoms with van der Waals surface area (Å²) in [7, 11) is -3.70. The van der Waals surface area contributed by atoms with E-state index in [1.807, 2.05) is 24.3 Å². The molecule has 0 atom stereocenters. The molecule has 0 saturated carbocycles. The minimum absolute atomic E-state index is 0.325. The van der Waals surface area contributed by atoms with Crippen LogP contribution in [-0.4, -0.2) is 50.5 Å². The van der Waals surface area contributed by atoms with Gasteiger partial charge in [0.1, 0.15) is 4.90 Å². The molecule has 1 aromatic heterocycles. The highest BCUT2D eigenvalue weighted by Gasteiger charge is 2.31. The summed E-state index contributed by atoms with van der Waals surface area (Å²) >= 11 is 0. The van der Waals surface area contributed by atoms with Crippen molar-refractivity contribution in [2.24, 2.45) is 0 Å². The molecule has 2 aromatic carbocycles. The van der Waals surface area contributed by atoms with Gasteiger partial charge < -0.3 is 9.80 Å². The first-order valence-corrected chi connectivity index (χ1v) is 14.2. The fourth-order valence-electron chi connectivity index (χ4n) is 5.57. The molecular weight excluding hydrogens is 442 g/mol. The third-order valence-electron chi connectivity index (χ3n) is 7.58. The van der Waals surface area contributed by atoms with Crippen LogP contribution in [0, 0.1) is 6.92 Å². The van der Waals surface area contributed by atoms with E-state index < -0.39 is 9.84 Å². The molecular formula is C28H35N3O2S. The number of benzene rings is 2. The molecule has 0 spiro atoms. The van der Waals surface area contributed by atoms with Gasteiger partial charge in [0.25, 0.3) is 0 Å². The number of anilines is 1. The van der Waals surface area contributed by atoms with Crippen LogP contribution in [0.1, 0.15) is 50.2 Å². The van der Waals surface area contributed by atoms with Crippen molar-refractivity contribution in [3.63, 3.8) is 0 Å². The number of nitrogens with zero attached hydrogens (tertiary/aromatic N) is 3. The number of hydrogen-bond donors (Lipinski definition) is 0. The zero-order valence-corrected chi connectivity index (χ0v) is 21.2. The summed E-state index contributed by atoms with van der Waals surface area (Å²) in [4.78, 5) is 10.2. The predicted molar refractivity (Wildman–Crippen MR) is 138 cm³/mol. The lowest BCUT2D eigenvalue weighted by molar-refractivity contribution is 0.141. The van der Waals surface area contributed by atoms with Gasteiger partial charge in [0.15, 0.2) is 0 Å². The zero-order valence-electron chi connectivity index (χ0n) is 20.3. The maximum atomic E-state index is 13.9. The Hall–Kier alpha value is -2.44. The lowest BCUT2D eigenvalue weighted by Crippen LogP contribution is -2.47. The fourth-order valence-corrected chi connectivity index (χ4v) is 7.00. The topological polar surface area (TPSA) is 53.5 Å². The number of aromatic nitrogens is 1. The summed E-state index contributed by atoms with van der Waals surface area (Å²) in [6, 6.07) is 14.0. The fraction of sp³-hybridized carbons (Fsp3) is 0.464. The predicted octanol–water partition coefficient (Wildman–Crippen LogP) is 5.39. The van der Waals surface area contributed by atoms with Crippen LogP contribution in [0.15, 0.2) is 58.5 Å². The molecule has 5 rings (SSSR count). The van der Waals surface area contributed by atoms with Crippen molar-refractivity contribution in [2.75, 3.05) is 31.1 Å². The molecule has 2 aliphatic rings. The van der Waals surface area contributed by atoms with E-state index in [1.165, 1.54) is 32.4 Å². The number of pyridine rings is 1. The Bertz CT molecular complexity index is 1260. The molecule has 0 radical (unpaired) electrons. The molecule has 0 amide bonds. The van der Waals surface area contributed by atoms with E-state index in [-0.39, 0.29) is 0 Å². The van der Waals surface area contributed by atoms with Crippen LogP contribution in [0.2, 0.25) is 0 Å². The molecule has 3 aromatic rings. The van der Waals surface area contributed by atoms with E-state index in [0.717, 1.165) is 60.1 Å². The van der Waals surface area contributed by atoms with E-state index in [4.69, 9.17) is 0 Å². The number of likely N-dealkylation sites (tertiary alicyclic amines) is 1. The van der Waals surface area contributed by atoms with Gasteiger partial charge in [-0.25, -0.2) is 8.42 Å². The van der Waals surface area contributed by atoms with Gasteiger partial charge >= 0.3 is 0 Å². The molecule has 2 aliphatic heterocycles. The maximum absolute atomic E-state index is 13.9. The van der Waals surface area contributed by atoms with Crippen molar-refractivity contribution in [1.29, 1.82) is 0 Å². The second-order valence-electron chi connectivity index (χ2n) is 9.81. The standard InChI is InChI=1S/C28H35N3O2S/c1-3-22-8-10-24(11-9-22)34(32,33)27-20-29-26-12-7-21(2)19-25(26)28(27)31-17-13-23(14-18-31)30-15-5-4-6-16-30/h7-12,19-20,23H,3-6,13-18H2,1-2H3. The SMILES string of the molecule is CCc1ccc(S(=O)(=O)c2cnc3ccc(C)cc3c2N2CCC(N3CCCCC3)CC2)cc1. The highest BCUT2D eigenvalue weighted by Crippen LogP contribution is 2.38. The van der Waals surface area contributed by atoms with Crippen LogP contribution in [0.5, 0.6) is 0 Å². The minimum Gasteiger partial charge on any atom is -0.370 e. The third-order valence-corrected chi connectivity index (χ3v) is 9.35. The maximum Gasteiger partial charge on any atom is 0.210 e. The van der Waals surface area contributed by atoms with Crippen molar-refractivity contribution in [1.82, 2.24) is 9.88 Å². The highest BCUT2D eigenvalue weighted by molar-refractivity contribution is 7.91. The Morgan fingerprint density at radius 3 is 2.32 bits per heavy atom. The van der Waals surface area contributed by atoms with Crippen LogP contribution in [-0.2, 0) is 16.3 Å². The van der Waals surface area contributed by atoms with E-state index in [0.29, 0.717) is 15.8 Å². The zero-order chi connectivity index (χ0) is 23.7. The Labute approximate surface area is 203 Å². The van der Waals surface area contributed by atoms with Crippen LogP contribution in [0.4, 0.5) is 5.69 Å². The second-order valence-corrected chi connectivity index (χ2v) is 11.7. The molecule has 180 valence electrons. The molecule has 3 heterocycles. The number of hydrogen-bond acceptors (Lipinski definition) is 5. The number of aryl methyl sites for hydroxylation is 2. The summed E-state index contributed by atoms with van der Waals surface area (Å²) in [5.74, 6) is 0. The minimum atomic E-state index is -3.70. The van der Waals surface area contributed by atoms with Gasteiger partial charge in [-0.3, -0.25) is 4.98 Å². The van der Waals surface area contributed by atoms with Crippen LogP contribution < -0.4 is 4.90 Å². The highest BCUT2D eigenvalue weighted by atomic mass is 32.2.